The van der Waals surface area contributed by atoms with Crippen molar-refractivity contribution in [1.82, 2.24) is 20.2 Å². The lowest BCUT2D eigenvalue weighted by atomic mass is 10.1. The maximum absolute atomic E-state index is 9.14. The van der Waals surface area contributed by atoms with Crippen LogP contribution in [-0.2, 0) is 6.42 Å². The molecule has 0 aromatic carbocycles. The van der Waals surface area contributed by atoms with Crippen molar-refractivity contribution in [2.45, 2.75) is 26.7 Å². The third kappa shape index (κ3) is 3.28. The number of pyridine rings is 1. The molecule has 0 fully saturated rings. The van der Waals surface area contributed by atoms with Gasteiger partial charge in [-0.3, -0.25) is 10.1 Å². The molecule has 0 spiro atoms. The van der Waals surface area contributed by atoms with Crippen LogP contribution in [0.3, 0.4) is 0 Å². The van der Waals surface area contributed by atoms with E-state index in [1.165, 1.54) is 6.33 Å². The first-order valence-corrected chi connectivity index (χ1v) is 6.17. The van der Waals surface area contributed by atoms with E-state index in [0.29, 0.717) is 5.56 Å². The first kappa shape index (κ1) is 13.0. The Kier molecular flexibility index (Phi) is 4.08. The predicted octanol–water partition coefficient (Wildman–Crippen LogP) is 1.73. The van der Waals surface area contributed by atoms with Crippen LogP contribution >= 0.6 is 0 Å². The van der Waals surface area contributed by atoms with Gasteiger partial charge in [0.15, 0.2) is 0 Å². The van der Waals surface area contributed by atoms with E-state index >= 15 is 0 Å². The Morgan fingerprint density at radius 3 is 2.95 bits per heavy atom. The number of nitriles is 1. The summed E-state index contributed by atoms with van der Waals surface area (Å²) < 4.78 is 0. The molecule has 19 heavy (non-hydrogen) atoms. The molecule has 0 atom stereocenters. The van der Waals surface area contributed by atoms with Crippen LogP contribution in [0.5, 0.6) is 0 Å². The Morgan fingerprint density at radius 2 is 2.26 bits per heavy atom. The summed E-state index contributed by atoms with van der Waals surface area (Å²) in [5, 5.41) is 19.1. The van der Waals surface area contributed by atoms with Crippen molar-refractivity contribution in [3.05, 3.63) is 35.2 Å². The van der Waals surface area contributed by atoms with Crippen LogP contribution in [0, 0.1) is 25.2 Å². The molecule has 2 heterocycles. The SMILES string of the molecule is Cc1cc(NCCCc2ncn[nH]2)c(C#N)c(C)n1. The van der Waals surface area contributed by atoms with Gasteiger partial charge in [-0.1, -0.05) is 0 Å². The number of nitrogens with zero attached hydrogens (tertiary/aromatic N) is 4. The molecule has 2 aromatic heterocycles. The molecule has 2 rings (SSSR count). The second-order valence-corrected chi connectivity index (χ2v) is 4.35. The van der Waals surface area contributed by atoms with Crippen LogP contribution in [0.4, 0.5) is 5.69 Å². The molecule has 0 radical (unpaired) electrons. The van der Waals surface area contributed by atoms with Gasteiger partial charge in [0.2, 0.25) is 0 Å². The number of rotatable bonds is 5. The normalized spacial score (nSPS) is 10.2. The number of aromatic nitrogens is 4. The third-order valence-electron chi connectivity index (χ3n) is 2.81. The van der Waals surface area contributed by atoms with Crippen LogP contribution in [0.2, 0.25) is 0 Å². The molecule has 6 heteroatoms. The number of nitrogens with one attached hydrogen (secondary N) is 2. The van der Waals surface area contributed by atoms with Crippen LogP contribution in [0.1, 0.15) is 29.2 Å². The molecular formula is C13H16N6. The minimum atomic E-state index is 0.616. The second-order valence-electron chi connectivity index (χ2n) is 4.35. The van der Waals surface area contributed by atoms with Gasteiger partial charge in [0.1, 0.15) is 18.2 Å². The first-order valence-electron chi connectivity index (χ1n) is 6.17. The van der Waals surface area contributed by atoms with E-state index < -0.39 is 0 Å². The van der Waals surface area contributed by atoms with E-state index in [1.807, 2.05) is 19.9 Å². The van der Waals surface area contributed by atoms with Crippen LogP contribution in [-0.4, -0.2) is 26.7 Å². The molecule has 2 N–H and O–H groups in total. The minimum absolute atomic E-state index is 0.616. The van der Waals surface area contributed by atoms with Crippen molar-refractivity contribution in [3.8, 4) is 6.07 Å². The first-order chi connectivity index (χ1) is 9.20. The molecule has 0 aliphatic heterocycles. The fourth-order valence-electron chi connectivity index (χ4n) is 1.94. The third-order valence-corrected chi connectivity index (χ3v) is 2.81. The molecule has 0 aliphatic rings. The smallest absolute Gasteiger partial charge is 0.137 e. The van der Waals surface area contributed by atoms with Gasteiger partial charge >= 0.3 is 0 Å². The number of hydrogen-bond acceptors (Lipinski definition) is 5. The van der Waals surface area contributed by atoms with Gasteiger partial charge in [-0.2, -0.15) is 10.4 Å². The predicted molar refractivity (Wildman–Crippen MR) is 71.6 cm³/mol. The highest BCUT2D eigenvalue weighted by atomic mass is 15.2. The molecule has 0 saturated carbocycles. The molecule has 2 aromatic rings. The fraction of sp³-hybridized carbons (Fsp3) is 0.385. The summed E-state index contributed by atoms with van der Waals surface area (Å²) in [6, 6.07) is 4.09. The Labute approximate surface area is 111 Å². The summed E-state index contributed by atoms with van der Waals surface area (Å²) in [7, 11) is 0. The van der Waals surface area contributed by atoms with Crippen molar-refractivity contribution >= 4 is 5.69 Å². The largest absolute Gasteiger partial charge is 0.384 e. The van der Waals surface area contributed by atoms with Crippen LogP contribution in [0.15, 0.2) is 12.4 Å². The van der Waals surface area contributed by atoms with Crippen molar-refractivity contribution in [2.75, 3.05) is 11.9 Å². The van der Waals surface area contributed by atoms with Crippen molar-refractivity contribution in [1.29, 1.82) is 5.26 Å². The zero-order chi connectivity index (χ0) is 13.7. The number of hydrogen-bond donors (Lipinski definition) is 2. The molecule has 0 amide bonds. The lowest BCUT2D eigenvalue weighted by molar-refractivity contribution is 0.805. The lowest BCUT2D eigenvalue weighted by Gasteiger charge is -2.10. The highest BCUT2D eigenvalue weighted by molar-refractivity contribution is 5.59. The fourth-order valence-corrected chi connectivity index (χ4v) is 1.94. The molecule has 6 nitrogen and oxygen atoms in total. The summed E-state index contributed by atoms with van der Waals surface area (Å²) >= 11 is 0. The van der Waals surface area contributed by atoms with Gasteiger partial charge in [-0.15, -0.1) is 0 Å². The van der Waals surface area contributed by atoms with Crippen LogP contribution < -0.4 is 5.32 Å². The Balaban J connectivity index is 1.94. The van der Waals surface area contributed by atoms with Gasteiger partial charge in [0.05, 0.1) is 16.9 Å². The number of H-pyrrole nitrogens is 1. The number of aromatic amines is 1. The zero-order valence-electron chi connectivity index (χ0n) is 11.1. The van der Waals surface area contributed by atoms with E-state index in [0.717, 1.165) is 42.3 Å². The van der Waals surface area contributed by atoms with Gasteiger partial charge in [0.25, 0.3) is 0 Å². The topological polar surface area (TPSA) is 90.3 Å². The molecule has 0 bridgehead atoms. The zero-order valence-corrected chi connectivity index (χ0v) is 11.1. The molecular weight excluding hydrogens is 240 g/mol. The molecule has 98 valence electrons. The Hall–Kier alpha value is -2.42. The molecule has 0 saturated heterocycles. The number of aryl methyl sites for hydroxylation is 3. The van der Waals surface area contributed by atoms with Gasteiger partial charge in [0, 0.05) is 18.7 Å². The number of anilines is 1. The average molecular weight is 256 g/mol. The maximum atomic E-state index is 9.14. The minimum Gasteiger partial charge on any atom is -0.384 e. The molecule has 0 aliphatic carbocycles. The van der Waals surface area contributed by atoms with E-state index in [1.54, 1.807) is 0 Å². The highest BCUT2D eigenvalue weighted by Gasteiger charge is 2.07. The Morgan fingerprint density at radius 1 is 1.42 bits per heavy atom. The van der Waals surface area contributed by atoms with Gasteiger partial charge < -0.3 is 5.32 Å². The van der Waals surface area contributed by atoms with E-state index in [2.05, 4.69) is 31.6 Å². The summed E-state index contributed by atoms with van der Waals surface area (Å²) in [5.74, 6) is 0.879. The standard InChI is InChI=1S/C13H16N6/c1-9-6-12(11(7-14)10(2)18-9)15-5-3-4-13-16-8-17-19-13/h6,8H,3-5H2,1-2H3,(H,15,18)(H,16,17,19). The maximum Gasteiger partial charge on any atom is 0.137 e. The summed E-state index contributed by atoms with van der Waals surface area (Å²) in [6.07, 6.45) is 3.25. The van der Waals surface area contributed by atoms with Crippen molar-refractivity contribution in [2.24, 2.45) is 0 Å². The summed E-state index contributed by atoms with van der Waals surface area (Å²) in [5.41, 5.74) is 3.14. The van der Waals surface area contributed by atoms with E-state index in [9.17, 15) is 0 Å². The van der Waals surface area contributed by atoms with Gasteiger partial charge in [-0.05, 0) is 26.3 Å². The van der Waals surface area contributed by atoms with E-state index in [4.69, 9.17) is 5.26 Å². The summed E-state index contributed by atoms with van der Waals surface area (Å²) in [4.78, 5) is 8.35. The monoisotopic (exact) mass is 256 g/mol. The quantitative estimate of drug-likeness (QED) is 0.795. The van der Waals surface area contributed by atoms with Crippen molar-refractivity contribution in [3.63, 3.8) is 0 Å². The van der Waals surface area contributed by atoms with Crippen molar-refractivity contribution < 1.29 is 0 Å². The summed E-state index contributed by atoms with van der Waals surface area (Å²) in [6.45, 7) is 4.55. The lowest BCUT2D eigenvalue weighted by Crippen LogP contribution is -2.07. The molecule has 0 unspecified atom stereocenters. The van der Waals surface area contributed by atoms with Gasteiger partial charge in [-0.25, -0.2) is 4.98 Å². The van der Waals surface area contributed by atoms with Crippen LogP contribution in [0.25, 0.3) is 0 Å². The Bertz CT molecular complexity index is 582. The van der Waals surface area contributed by atoms with E-state index in [-0.39, 0.29) is 0 Å². The second kappa shape index (κ2) is 5.96. The average Bonchev–Trinajstić information content (AvgIpc) is 2.87. The highest BCUT2D eigenvalue weighted by Crippen LogP contribution is 2.18.